The largest absolute Gasteiger partial charge is 0.269 e. The molecule has 0 atom stereocenters. The van der Waals surface area contributed by atoms with Gasteiger partial charge in [-0.05, 0) is 26.7 Å². The van der Waals surface area contributed by atoms with E-state index in [9.17, 15) is 0 Å². The van der Waals surface area contributed by atoms with Crippen molar-refractivity contribution in [1.82, 2.24) is 0 Å². The molecule has 0 aliphatic rings. The van der Waals surface area contributed by atoms with Crippen LogP contribution in [0, 0.1) is 0 Å². The molecule has 0 aliphatic heterocycles. The van der Waals surface area contributed by atoms with E-state index in [1.165, 1.54) is 24.8 Å². The van der Waals surface area contributed by atoms with Crippen LogP contribution in [-0.2, 0) is 0 Å². The molecule has 0 unspecified atom stereocenters. The van der Waals surface area contributed by atoms with Gasteiger partial charge in [-0.1, -0.05) is 25.0 Å². The highest BCUT2D eigenvalue weighted by atomic mass is 19.0. The summed E-state index contributed by atoms with van der Waals surface area (Å²) in [5.74, 6) is 0. The first kappa shape index (κ1) is 11.5. The van der Waals surface area contributed by atoms with Crippen molar-refractivity contribution in [2.45, 2.75) is 40.0 Å². The molecular formula is C8H17F. The van der Waals surface area contributed by atoms with Crippen LogP contribution in [0.5, 0.6) is 0 Å². The highest BCUT2D eigenvalue weighted by Crippen LogP contribution is 2.04. The molecule has 0 aromatic rings. The first-order valence-electron chi connectivity index (χ1n) is 3.43. The van der Waals surface area contributed by atoms with Gasteiger partial charge in [-0.15, -0.1) is 0 Å². The van der Waals surface area contributed by atoms with E-state index in [2.05, 4.69) is 26.8 Å². The average Bonchev–Trinajstić information content (AvgIpc) is 1.83. The number of allylic oxidation sites excluding steroid dienone is 2. The van der Waals surface area contributed by atoms with Crippen LogP contribution in [0.4, 0.5) is 4.70 Å². The van der Waals surface area contributed by atoms with Crippen molar-refractivity contribution in [2.24, 2.45) is 0 Å². The monoisotopic (exact) mass is 132 g/mol. The number of hydrogen-bond donors (Lipinski definition) is 0. The summed E-state index contributed by atoms with van der Waals surface area (Å²) in [4.78, 5) is 0. The Labute approximate surface area is 57.3 Å². The van der Waals surface area contributed by atoms with Gasteiger partial charge in [0.05, 0.1) is 0 Å². The van der Waals surface area contributed by atoms with Crippen LogP contribution in [0.15, 0.2) is 11.6 Å². The molecule has 0 heterocycles. The lowest BCUT2D eigenvalue weighted by atomic mass is 10.1. The van der Waals surface area contributed by atoms with Gasteiger partial charge < -0.3 is 0 Å². The molecule has 0 N–H and O–H groups in total. The van der Waals surface area contributed by atoms with Gasteiger partial charge in [0.15, 0.2) is 0 Å². The van der Waals surface area contributed by atoms with E-state index in [4.69, 9.17) is 0 Å². The first-order chi connectivity index (χ1) is 3.81. The van der Waals surface area contributed by atoms with E-state index in [1.807, 2.05) is 0 Å². The van der Waals surface area contributed by atoms with E-state index in [0.29, 0.717) is 0 Å². The predicted molar refractivity (Wildman–Crippen MR) is 41.5 cm³/mol. The van der Waals surface area contributed by atoms with Gasteiger partial charge in [-0.2, -0.15) is 0 Å². The highest BCUT2D eigenvalue weighted by molar-refractivity contribution is 4.94. The molecule has 0 rings (SSSR count). The molecule has 0 spiro atoms. The standard InChI is InChI=1S/C8H16.FH/c1-4-6-7-8(3)5-2;/h5H,4,6-7H2,1-3H3;1H. The summed E-state index contributed by atoms with van der Waals surface area (Å²) >= 11 is 0. The summed E-state index contributed by atoms with van der Waals surface area (Å²) in [5.41, 5.74) is 1.52. The van der Waals surface area contributed by atoms with Crippen molar-refractivity contribution in [3.63, 3.8) is 0 Å². The molecule has 0 aromatic carbocycles. The van der Waals surface area contributed by atoms with Crippen molar-refractivity contribution in [1.29, 1.82) is 0 Å². The molecule has 0 saturated heterocycles. The third-order valence-electron chi connectivity index (χ3n) is 1.42. The van der Waals surface area contributed by atoms with Crippen molar-refractivity contribution in [3.8, 4) is 0 Å². The van der Waals surface area contributed by atoms with Crippen LogP contribution in [0.25, 0.3) is 0 Å². The molecule has 56 valence electrons. The Kier molecular flexibility index (Phi) is 9.77. The minimum atomic E-state index is 0. The van der Waals surface area contributed by atoms with E-state index >= 15 is 0 Å². The summed E-state index contributed by atoms with van der Waals surface area (Å²) in [6.07, 6.45) is 6.13. The molecule has 0 radical (unpaired) electrons. The smallest absolute Gasteiger partial charge is 0.0323 e. The normalized spacial score (nSPS) is 10.8. The Hall–Kier alpha value is -0.330. The second-order valence-electron chi connectivity index (χ2n) is 2.24. The maximum atomic E-state index is 2.23. The lowest BCUT2D eigenvalue weighted by Gasteiger charge is -1.94. The van der Waals surface area contributed by atoms with Gasteiger partial charge in [0.25, 0.3) is 0 Å². The van der Waals surface area contributed by atoms with Gasteiger partial charge in [0, 0.05) is 0 Å². The molecular weight excluding hydrogens is 115 g/mol. The molecule has 0 aromatic heterocycles. The second-order valence-corrected chi connectivity index (χ2v) is 2.24. The quantitative estimate of drug-likeness (QED) is 0.517. The highest BCUT2D eigenvalue weighted by Gasteiger charge is 1.83. The maximum Gasteiger partial charge on any atom is -0.0323 e. The summed E-state index contributed by atoms with van der Waals surface area (Å²) in [5, 5.41) is 0. The van der Waals surface area contributed by atoms with Crippen molar-refractivity contribution in [3.05, 3.63) is 11.6 Å². The fourth-order valence-corrected chi connectivity index (χ4v) is 0.600. The Morgan fingerprint density at radius 1 is 1.44 bits per heavy atom. The molecule has 0 aliphatic carbocycles. The zero-order valence-electron chi connectivity index (χ0n) is 6.61. The molecule has 9 heavy (non-hydrogen) atoms. The minimum Gasteiger partial charge on any atom is -0.269 e. The van der Waals surface area contributed by atoms with E-state index in [1.54, 1.807) is 0 Å². The maximum absolute atomic E-state index is 2.23. The zero-order valence-corrected chi connectivity index (χ0v) is 6.61. The van der Waals surface area contributed by atoms with Gasteiger partial charge in [-0.25, -0.2) is 0 Å². The van der Waals surface area contributed by atoms with Crippen LogP contribution in [0.3, 0.4) is 0 Å². The Bertz CT molecular complexity index is 74.6. The van der Waals surface area contributed by atoms with Crippen molar-refractivity contribution < 1.29 is 4.70 Å². The minimum absolute atomic E-state index is 0. The molecule has 0 amide bonds. The Balaban J connectivity index is 0. The van der Waals surface area contributed by atoms with Crippen LogP contribution >= 0.6 is 0 Å². The number of rotatable bonds is 3. The molecule has 0 nitrogen and oxygen atoms in total. The summed E-state index contributed by atoms with van der Waals surface area (Å²) in [6, 6.07) is 0. The molecule has 1 heteroatoms. The molecule has 0 fully saturated rings. The van der Waals surface area contributed by atoms with Crippen molar-refractivity contribution in [2.75, 3.05) is 0 Å². The fraction of sp³-hybridized carbons (Fsp3) is 0.750. The summed E-state index contributed by atoms with van der Waals surface area (Å²) < 4.78 is 0. The summed E-state index contributed by atoms with van der Waals surface area (Å²) in [6.45, 7) is 6.52. The molecule has 0 saturated carbocycles. The lowest BCUT2D eigenvalue weighted by Crippen LogP contribution is -1.74. The fourth-order valence-electron chi connectivity index (χ4n) is 0.600. The van der Waals surface area contributed by atoms with Crippen LogP contribution in [-0.4, -0.2) is 0 Å². The molecule has 0 bridgehead atoms. The lowest BCUT2D eigenvalue weighted by molar-refractivity contribution is 0.786. The van der Waals surface area contributed by atoms with Crippen LogP contribution < -0.4 is 0 Å². The average molecular weight is 132 g/mol. The first-order valence-corrected chi connectivity index (χ1v) is 3.43. The van der Waals surface area contributed by atoms with E-state index in [0.717, 1.165) is 0 Å². The van der Waals surface area contributed by atoms with Crippen LogP contribution in [0.2, 0.25) is 0 Å². The third-order valence-corrected chi connectivity index (χ3v) is 1.42. The number of hydrogen-bond acceptors (Lipinski definition) is 0. The van der Waals surface area contributed by atoms with Crippen molar-refractivity contribution >= 4 is 0 Å². The van der Waals surface area contributed by atoms with E-state index in [-0.39, 0.29) is 4.70 Å². The predicted octanol–water partition coefficient (Wildman–Crippen LogP) is 3.30. The second kappa shape index (κ2) is 7.67. The number of halogens is 1. The SMILES string of the molecule is CC=C(C)CCCC.F. The Morgan fingerprint density at radius 2 is 2.00 bits per heavy atom. The van der Waals surface area contributed by atoms with E-state index < -0.39 is 0 Å². The zero-order chi connectivity index (χ0) is 6.41. The van der Waals surface area contributed by atoms with Gasteiger partial charge in [0.1, 0.15) is 0 Å². The van der Waals surface area contributed by atoms with Gasteiger partial charge in [-0.3, -0.25) is 4.70 Å². The van der Waals surface area contributed by atoms with Gasteiger partial charge >= 0.3 is 0 Å². The van der Waals surface area contributed by atoms with Gasteiger partial charge in [0.2, 0.25) is 0 Å². The topological polar surface area (TPSA) is 0 Å². The van der Waals surface area contributed by atoms with Crippen LogP contribution in [0.1, 0.15) is 40.0 Å². The number of unbranched alkanes of at least 4 members (excludes halogenated alkanes) is 1. The third kappa shape index (κ3) is 7.67. The Morgan fingerprint density at radius 3 is 2.33 bits per heavy atom. The summed E-state index contributed by atoms with van der Waals surface area (Å²) in [7, 11) is 0.